The third-order valence-corrected chi connectivity index (χ3v) is 3.71. The zero-order valence-electron chi connectivity index (χ0n) is 13.0. The van der Waals surface area contributed by atoms with E-state index in [4.69, 9.17) is 9.47 Å². The van der Waals surface area contributed by atoms with Crippen molar-refractivity contribution in [1.82, 2.24) is 0 Å². The van der Waals surface area contributed by atoms with Crippen LogP contribution < -0.4 is 0 Å². The molecule has 0 aromatic rings. The van der Waals surface area contributed by atoms with Gasteiger partial charge in [0.15, 0.2) is 0 Å². The molecule has 5 nitrogen and oxygen atoms in total. The normalized spacial score (nSPS) is 27.5. The summed E-state index contributed by atoms with van der Waals surface area (Å²) in [4.78, 5) is 0. The van der Waals surface area contributed by atoms with E-state index >= 15 is 0 Å². The highest BCUT2D eigenvalue weighted by Crippen LogP contribution is 2.19. The summed E-state index contributed by atoms with van der Waals surface area (Å²) in [5.41, 5.74) is 0. The summed E-state index contributed by atoms with van der Waals surface area (Å²) < 4.78 is 10.8. The molecule has 1 fully saturated rings. The fraction of sp³-hybridized carbons (Fsp3) is 0.875. The summed E-state index contributed by atoms with van der Waals surface area (Å²) in [6.07, 6.45) is 7.95. The highest BCUT2D eigenvalue weighted by atomic mass is 16.6. The standard InChI is InChI=1S/C16H30O5/c1-2-3-4-5-6-7-8-9-10-20-14(11-17)16-15(19)13(18)12-21-16/h4-5,13-19H,2-3,6-12H2,1H3/b5-4+/t13-,14+,15-,16-/m0/s1. The molecule has 0 radical (unpaired) electrons. The van der Waals surface area contributed by atoms with Crippen molar-refractivity contribution >= 4 is 0 Å². The van der Waals surface area contributed by atoms with Gasteiger partial charge in [-0.05, 0) is 25.7 Å². The molecule has 0 aromatic carbocycles. The Morgan fingerprint density at radius 3 is 2.57 bits per heavy atom. The molecule has 1 aliphatic heterocycles. The highest BCUT2D eigenvalue weighted by Gasteiger charge is 2.40. The predicted molar refractivity (Wildman–Crippen MR) is 81.1 cm³/mol. The van der Waals surface area contributed by atoms with E-state index in [2.05, 4.69) is 19.1 Å². The van der Waals surface area contributed by atoms with Crippen LogP contribution in [0.15, 0.2) is 12.2 Å². The van der Waals surface area contributed by atoms with E-state index in [-0.39, 0.29) is 13.2 Å². The molecule has 5 heteroatoms. The minimum atomic E-state index is -0.981. The summed E-state index contributed by atoms with van der Waals surface area (Å²) in [6, 6.07) is 0. The molecule has 3 N–H and O–H groups in total. The van der Waals surface area contributed by atoms with Crippen LogP contribution in [-0.2, 0) is 9.47 Å². The molecule has 0 bridgehead atoms. The van der Waals surface area contributed by atoms with Crippen LogP contribution in [0.25, 0.3) is 0 Å². The summed E-state index contributed by atoms with van der Waals surface area (Å²) >= 11 is 0. The molecule has 0 saturated carbocycles. The van der Waals surface area contributed by atoms with Crippen LogP contribution in [-0.4, -0.2) is 59.6 Å². The maximum absolute atomic E-state index is 9.73. The molecule has 1 rings (SSSR count). The first kappa shape index (κ1) is 18.6. The topological polar surface area (TPSA) is 79.2 Å². The van der Waals surface area contributed by atoms with Crippen molar-refractivity contribution in [2.45, 2.75) is 69.9 Å². The molecule has 0 spiro atoms. The number of unbranched alkanes of at least 4 members (excludes halogenated alkanes) is 4. The van der Waals surface area contributed by atoms with Gasteiger partial charge in [0, 0.05) is 6.61 Å². The van der Waals surface area contributed by atoms with E-state index in [0.717, 1.165) is 32.1 Å². The number of ether oxygens (including phenoxy) is 2. The molecule has 4 atom stereocenters. The lowest BCUT2D eigenvalue weighted by atomic mass is 10.1. The molecule has 0 aliphatic carbocycles. The number of aliphatic hydroxyl groups is 3. The second-order valence-electron chi connectivity index (χ2n) is 5.56. The number of allylic oxidation sites excluding steroid dienone is 2. The van der Waals surface area contributed by atoms with E-state index in [1.165, 1.54) is 6.42 Å². The molecular formula is C16H30O5. The Morgan fingerprint density at radius 1 is 1.19 bits per heavy atom. The third-order valence-electron chi connectivity index (χ3n) is 3.71. The fourth-order valence-corrected chi connectivity index (χ4v) is 2.38. The Labute approximate surface area is 127 Å². The van der Waals surface area contributed by atoms with Crippen LogP contribution in [0.2, 0.25) is 0 Å². The van der Waals surface area contributed by atoms with Crippen molar-refractivity contribution in [3.63, 3.8) is 0 Å². The molecule has 0 aromatic heterocycles. The third kappa shape index (κ3) is 6.89. The number of hydrogen-bond acceptors (Lipinski definition) is 5. The lowest BCUT2D eigenvalue weighted by Crippen LogP contribution is -2.42. The van der Waals surface area contributed by atoms with Crippen LogP contribution >= 0.6 is 0 Å². The van der Waals surface area contributed by atoms with Crippen molar-refractivity contribution < 1.29 is 24.8 Å². The first-order valence-electron chi connectivity index (χ1n) is 8.05. The fourth-order valence-electron chi connectivity index (χ4n) is 2.38. The Balaban J connectivity index is 2.07. The molecule has 0 amide bonds. The van der Waals surface area contributed by atoms with Crippen molar-refractivity contribution in [2.75, 3.05) is 19.8 Å². The lowest BCUT2D eigenvalue weighted by molar-refractivity contribution is -0.101. The number of rotatable bonds is 11. The Hall–Kier alpha value is -0.460. The van der Waals surface area contributed by atoms with Crippen molar-refractivity contribution in [3.8, 4) is 0 Å². The summed E-state index contributed by atoms with van der Waals surface area (Å²) in [7, 11) is 0. The number of aliphatic hydroxyl groups excluding tert-OH is 3. The average Bonchev–Trinajstić information content (AvgIpc) is 2.82. The summed E-state index contributed by atoms with van der Waals surface area (Å²) in [5, 5.41) is 28.5. The van der Waals surface area contributed by atoms with Crippen molar-refractivity contribution in [3.05, 3.63) is 12.2 Å². The first-order chi connectivity index (χ1) is 10.2. The van der Waals surface area contributed by atoms with E-state index in [1.54, 1.807) is 0 Å². The van der Waals surface area contributed by atoms with Crippen LogP contribution in [0.3, 0.4) is 0 Å². The second-order valence-corrected chi connectivity index (χ2v) is 5.56. The van der Waals surface area contributed by atoms with Gasteiger partial charge in [-0.2, -0.15) is 0 Å². The minimum absolute atomic E-state index is 0.0930. The van der Waals surface area contributed by atoms with Crippen LogP contribution in [0.5, 0.6) is 0 Å². The van der Waals surface area contributed by atoms with E-state index in [9.17, 15) is 15.3 Å². The summed E-state index contributed by atoms with van der Waals surface area (Å²) in [5.74, 6) is 0. The zero-order chi connectivity index (χ0) is 15.5. The van der Waals surface area contributed by atoms with Gasteiger partial charge in [0.2, 0.25) is 0 Å². The first-order valence-corrected chi connectivity index (χ1v) is 8.05. The largest absolute Gasteiger partial charge is 0.394 e. The predicted octanol–water partition coefficient (Wildman–Crippen LogP) is 1.40. The SMILES string of the molecule is CCC/C=C/CCCCCO[C@H](CO)[C@@H]1OC[C@H](O)[C@@H]1O. The van der Waals surface area contributed by atoms with Gasteiger partial charge in [-0.1, -0.05) is 31.9 Å². The van der Waals surface area contributed by atoms with Crippen LogP contribution in [0.4, 0.5) is 0 Å². The lowest BCUT2D eigenvalue weighted by Gasteiger charge is -2.24. The smallest absolute Gasteiger partial charge is 0.114 e. The van der Waals surface area contributed by atoms with E-state index in [1.807, 2.05) is 0 Å². The van der Waals surface area contributed by atoms with Gasteiger partial charge in [0.1, 0.15) is 24.4 Å². The molecule has 1 saturated heterocycles. The molecule has 1 heterocycles. The quantitative estimate of drug-likeness (QED) is 0.397. The zero-order valence-corrected chi connectivity index (χ0v) is 13.0. The Morgan fingerprint density at radius 2 is 1.95 bits per heavy atom. The van der Waals surface area contributed by atoms with Gasteiger partial charge in [-0.15, -0.1) is 0 Å². The molecule has 0 unspecified atom stereocenters. The second kappa shape index (κ2) is 11.2. The molecule has 124 valence electrons. The number of hydrogen-bond donors (Lipinski definition) is 3. The average molecular weight is 302 g/mol. The maximum atomic E-state index is 9.73. The Bertz CT molecular complexity index is 282. The Kier molecular flexibility index (Phi) is 9.87. The van der Waals surface area contributed by atoms with Crippen LogP contribution in [0.1, 0.15) is 45.4 Å². The summed E-state index contributed by atoms with van der Waals surface area (Å²) in [6.45, 7) is 2.58. The molecule has 21 heavy (non-hydrogen) atoms. The van der Waals surface area contributed by atoms with Crippen molar-refractivity contribution in [1.29, 1.82) is 0 Å². The van der Waals surface area contributed by atoms with E-state index < -0.39 is 24.4 Å². The van der Waals surface area contributed by atoms with Gasteiger partial charge in [0.05, 0.1) is 13.2 Å². The van der Waals surface area contributed by atoms with Gasteiger partial charge in [-0.3, -0.25) is 0 Å². The molecular weight excluding hydrogens is 272 g/mol. The molecule has 1 aliphatic rings. The van der Waals surface area contributed by atoms with Crippen molar-refractivity contribution in [2.24, 2.45) is 0 Å². The monoisotopic (exact) mass is 302 g/mol. The van der Waals surface area contributed by atoms with Gasteiger partial charge >= 0.3 is 0 Å². The van der Waals surface area contributed by atoms with Gasteiger partial charge < -0.3 is 24.8 Å². The van der Waals surface area contributed by atoms with Gasteiger partial charge in [-0.25, -0.2) is 0 Å². The minimum Gasteiger partial charge on any atom is -0.394 e. The van der Waals surface area contributed by atoms with Gasteiger partial charge in [0.25, 0.3) is 0 Å². The van der Waals surface area contributed by atoms with Crippen LogP contribution in [0, 0.1) is 0 Å². The highest BCUT2D eigenvalue weighted by molar-refractivity contribution is 4.88. The maximum Gasteiger partial charge on any atom is 0.114 e. The van der Waals surface area contributed by atoms with E-state index in [0.29, 0.717) is 6.61 Å².